The molecule has 0 amide bonds. The fourth-order valence-corrected chi connectivity index (χ4v) is 3.57. The highest BCUT2D eigenvalue weighted by atomic mass is 19.4. The topological polar surface area (TPSA) is 79.5 Å². The van der Waals surface area contributed by atoms with Crippen LogP contribution < -0.4 is 0 Å². The van der Waals surface area contributed by atoms with Gasteiger partial charge >= 0.3 is 12.4 Å². The Balaban J connectivity index is 0.000000272. The van der Waals surface area contributed by atoms with Gasteiger partial charge in [0.1, 0.15) is 23.0 Å². The molecule has 0 atom stereocenters. The van der Waals surface area contributed by atoms with Crippen LogP contribution in [0.4, 0.5) is 40.8 Å². The first kappa shape index (κ1) is 37.5. The van der Waals surface area contributed by atoms with Gasteiger partial charge in [0, 0.05) is 16.0 Å². The lowest BCUT2D eigenvalue weighted by atomic mass is 10.1. The maximum atomic E-state index is 13.9. The number of rotatable bonds is 3. The fraction of sp³-hybridized carbons (Fsp3) is 0.152. The smallest absolute Gasteiger partial charge is 0.217 e. The third-order valence-electron chi connectivity index (χ3n) is 6.01. The summed E-state index contributed by atoms with van der Waals surface area (Å²) in [5.41, 5.74) is 9.79. The average Bonchev–Trinajstić information content (AvgIpc) is 3.49. The van der Waals surface area contributed by atoms with E-state index in [9.17, 15) is 35.1 Å². The van der Waals surface area contributed by atoms with Crippen molar-refractivity contribution in [3.05, 3.63) is 141 Å². The normalized spacial score (nSPS) is 10.6. The summed E-state index contributed by atoms with van der Waals surface area (Å²) in [6, 6.07) is 19.4. The molecule has 14 heteroatoms. The molecule has 0 saturated heterocycles. The summed E-state index contributed by atoms with van der Waals surface area (Å²) in [5.74, 6) is 0.344. The summed E-state index contributed by atoms with van der Waals surface area (Å²) in [6.45, 7) is 3.98. The van der Waals surface area contributed by atoms with Crippen LogP contribution in [0.15, 0.2) is 96.2 Å². The van der Waals surface area contributed by atoms with Crippen molar-refractivity contribution in [2.24, 2.45) is 5.11 Å². The van der Waals surface area contributed by atoms with E-state index in [1.54, 1.807) is 0 Å². The van der Waals surface area contributed by atoms with E-state index < -0.39 is 40.8 Å². The predicted octanol–water partition coefficient (Wildman–Crippen LogP) is 10.8. The Morgan fingerprint density at radius 2 is 1.28 bits per heavy atom. The molecule has 0 N–H and O–H groups in total. The van der Waals surface area contributed by atoms with Gasteiger partial charge in [-0.2, -0.15) is 26.3 Å². The Labute approximate surface area is 264 Å². The van der Waals surface area contributed by atoms with Gasteiger partial charge in [-0.05, 0) is 67.9 Å². The molecule has 5 rings (SSSR count). The molecular formula is C33H26F8N6. The second-order valence-corrected chi connectivity index (χ2v) is 9.44. The minimum absolute atomic E-state index is 0. The third kappa shape index (κ3) is 10.7. The van der Waals surface area contributed by atoms with E-state index in [1.165, 1.54) is 11.8 Å². The van der Waals surface area contributed by atoms with Gasteiger partial charge in [0.15, 0.2) is 0 Å². The van der Waals surface area contributed by atoms with Crippen LogP contribution in [0.5, 0.6) is 0 Å². The Hall–Kier alpha value is -5.67. The van der Waals surface area contributed by atoms with Gasteiger partial charge in [0.2, 0.25) is 0 Å². The summed E-state index contributed by atoms with van der Waals surface area (Å²) in [6.07, 6.45) is -2.57. The number of halogens is 8. The summed E-state index contributed by atoms with van der Waals surface area (Å²) in [7, 11) is 0. The first-order chi connectivity index (χ1) is 21.6. The number of benzene rings is 4. The van der Waals surface area contributed by atoms with E-state index in [1.807, 2.05) is 62.4 Å². The molecule has 0 bridgehead atoms. The molecule has 0 aliphatic carbocycles. The van der Waals surface area contributed by atoms with Gasteiger partial charge in [0.25, 0.3) is 0 Å². The number of hydrogen-bond acceptors (Lipinski definition) is 3. The van der Waals surface area contributed by atoms with Crippen LogP contribution in [0.3, 0.4) is 0 Å². The molecular weight excluding hydrogens is 632 g/mol. The van der Waals surface area contributed by atoms with Gasteiger partial charge in [0.05, 0.1) is 23.0 Å². The van der Waals surface area contributed by atoms with Crippen LogP contribution in [-0.4, -0.2) is 15.0 Å². The van der Waals surface area contributed by atoms with Gasteiger partial charge in [-0.1, -0.05) is 71.2 Å². The third-order valence-corrected chi connectivity index (χ3v) is 6.01. The van der Waals surface area contributed by atoms with Crippen LogP contribution in [-0.2, 0) is 12.4 Å². The van der Waals surface area contributed by atoms with Crippen molar-refractivity contribution in [1.29, 1.82) is 0 Å². The minimum atomic E-state index is -4.60. The zero-order valence-corrected chi connectivity index (χ0v) is 23.9. The highest BCUT2D eigenvalue weighted by molar-refractivity contribution is 5.58. The highest BCUT2D eigenvalue weighted by Crippen LogP contribution is 2.32. The predicted molar refractivity (Wildman–Crippen MR) is 163 cm³/mol. The van der Waals surface area contributed by atoms with Crippen molar-refractivity contribution in [2.45, 2.75) is 33.6 Å². The molecule has 1 aromatic heterocycles. The van der Waals surface area contributed by atoms with E-state index in [2.05, 4.69) is 26.3 Å². The standard InChI is InChI=1S/C16H11F4N3.C9H8.C7H3F4N3.CH4/c1-10-2-4-11(5-3-10)14-9-23(22-21-14)15-7-6-12(8-13(15)17)16(18,19)20;1-3-9-6-4-8(2)5-7-9;8-5-3-4(7(9,10)11)1-2-6(5)13-14-12;/h2-9H,1H3;1,4-7H,2H3;1-3H;1H4. The zero-order valence-electron chi connectivity index (χ0n) is 23.9. The lowest BCUT2D eigenvalue weighted by molar-refractivity contribution is -0.138. The van der Waals surface area contributed by atoms with Gasteiger partial charge in [-0.15, -0.1) is 11.5 Å². The van der Waals surface area contributed by atoms with Crippen LogP contribution in [0.25, 0.3) is 27.4 Å². The number of nitrogens with zero attached hydrogens (tertiary/aromatic N) is 6. The molecule has 0 fully saturated rings. The summed E-state index contributed by atoms with van der Waals surface area (Å²) < 4.78 is 102. The monoisotopic (exact) mass is 658 g/mol. The average molecular weight is 659 g/mol. The van der Waals surface area contributed by atoms with Crippen molar-refractivity contribution in [3.63, 3.8) is 0 Å². The number of azide groups is 1. The Kier molecular flexibility index (Phi) is 12.8. The van der Waals surface area contributed by atoms with Crippen molar-refractivity contribution in [3.8, 4) is 29.3 Å². The summed E-state index contributed by atoms with van der Waals surface area (Å²) in [5, 5.41) is 10.6. The first-order valence-corrected chi connectivity index (χ1v) is 12.9. The summed E-state index contributed by atoms with van der Waals surface area (Å²) >= 11 is 0. The van der Waals surface area contributed by atoms with Crippen molar-refractivity contribution in [1.82, 2.24) is 15.0 Å². The highest BCUT2D eigenvalue weighted by Gasteiger charge is 2.32. The van der Waals surface area contributed by atoms with E-state index in [-0.39, 0.29) is 19.2 Å². The number of terminal acetylenes is 1. The van der Waals surface area contributed by atoms with Gasteiger partial charge in [-0.25, -0.2) is 13.5 Å². The van der Waals surface area contributed by atoms with Crippen molar-refractivity contribution in [2.75, 3.05) is 0 Å². The minimum Gasteiger partial charge on any atom is -0.217 e. The molecule has 0 radical (unpaired) electrons. The van der Waals surface area contributed by atoms with Gasteiger partial charge in [-0.3, -0.25) is 0 Å². The number of alkyl halides is 6. The second-order valence-electron chi connectivity index (χ2n) is 9.44. The van der Waals surface area contributed by atoms with Crippen molar-refractivity contribution >= 4 is 5.69 Å². The maximum Gasteiger partial charge on any atom is 0.416 e. The molecule has 1 heterocycles. The Morgan fingerprint density at radius 3 is 1.74 bits per heavy atom. The molecule has 244 valence electrons. The van der Waals surface area contributed by atoms with Crippen LogP contribution >= 0.6 is 0 Å². The second kappa shape index (κ2) is 16.1. The Morgan fingerprint density at radius 1 is 0.766 bits per heavy atom. The quantitative estimate of drug-likeness (QED) is 0.0636. The SMILES string of the molecule is C.C#Cc1ccc(C)cc1.Cc1ccc(-c2cn(-c3ccc(C(F)(F)F)cc3F)nn2)cc1.[N-]=[N+]=Nc1ccc(C(F)(F)F)cc1F. The largest absolute Gasteiger partial charge is 0.416 e. The number of aromatic nitrogens is 3. The lowest BCUT2D eigenvalue weighted by Crippen LogP contribution is -2.07. The number of hydrogen-bond donors (Lipinski definition) is 0. The molecule has 47 heavy (non-hydrogen) atoms. The van der Waals surface area contributed by atoms with Crippen LogP contribution in [0.2, 0.25) is 0 Å². The fourth-order valence-electron chi connectivity index (χ4n) is 3.57. The van der Waals surface area contributed by atoms with Gasteiger partial charge < -0.3 is 0 Å². The molecule has 0 aliphatic rings. The maximum absolute atomic E-state index is 13.9. The van der Waals surface area contributed by atoms with Crippen LogP contribution in [0, 0.1) is 37.8 Å². The Bertz CT molecular complexity index is 1860. The molecule has 6 nitrogen and oxygen atoms in total. The van der Waals surface area contributed by atoms with E-state index in [4.69, 9.17) is 12.0 Å². The zero-order chi connectivity index (χ0) is 34.1. The van der Waals surface area contributed by atoms with Crippen molar-refractivity contribution < 1.29 is 35.1 Å². The molecule has 4 aromatic carbocycles. The van der Waals surface area contributed by atoms with E-state index in [0.717, 1.165) is 39.6 Å². The molecule has 5 aromatic rings. The molecule has 0 saturated carbocycles. The van der Waals surface area contributed by atoms with E-state index in [0.29, 0.717) is 17.8 Å². The van der Waals surface area contributed by atoms with E-state index >= 15 is 0 Å². The summed E-state index contributed by atoms with van der Waals surface area (Å²) in [4.78, 5) is 2.26. The number of aryl methyl sites for hydroxylation is 2. The first-order valence-electron chi connectivity index (χ1n) is 12.9. The van der Waals surface area contributed by atoms with Crippen LogP contribution in [0.1, 0.15) is 35.2 Å². The molecule has 0 unspecified atom stereocenters. The lowest BCUT2D eigenvalue weighted by Gasteiger charge is -2.08. The molecule has 0 aliphatic heterocycles. The molecule has 0 spiro atoms.